The van der Waals surface area contributed by atoms with Gasteiger partial charge in [-0.2, -0.15) is 0 Å². The number of aryl methyl sites for hydroxylation is 1. The van der Waals surface area contributed by atoms with Gasteiger partial charge in [-0.05, 0) is 89.4 Å². The van der Waals surface area contributed by atoms with Crippen LogP contribution in [0.4, 0.5) is 13.6 Å². The number of aromatic nitrogens is 3. The van der Waals surface area contributed by atoms with Gasteiger partial charge in [-0.25, -0.2) is 18.3 Å². The zero-order chi connectivity index (χ0) is 32.7. The summed E-state index contributed by atoms with van der Waals surface area (Å²) in [6.07, 6.45) is 1.14. The molecule has 9 nitrogen and oxygen atoms in total. The minimum atomic E-state index is -0.936. The van der Waals surface area contributed by atoms with E-state index in [9.17, 15) is 18.4 Å². The van der Waals surface area contributed by atoms with Gasteiger partial charge in [-0.15, -0.1) is 5.10 Å². The van der Waals surface area contributed by atoms with Gasteiger partial charge in [0, 0.05) is 11.6 Å². The van der Waals surface area contributed by atoms with Crippen LogP contribution < -0.4 is 5.32 Å². The van der Waals surface area contributed by atoms with Crippen LogP contribution in [0.3, 0.4) is 0 Å². The maximum absolute atomic E-state index is 14.7. The minimum absolute atomic E-state index is 0.192. The first-order valence-corrected chi connectivity index (χ1v) is 14.7. The zero-order valence-corrected chi connectivity index (χ0v) is 26.4. The van der Waals surface area contributed by atoms with E-state index in [1.165, 1.54) is 21.7 Å². The molecular weight excluding hydrogens is 580 g/mol. The van der Waals surface area contributed by atoms with E-state index in [4.69, 9.17) is 9.47 Å². The number of amides is 2. The number of carbonyl (C=O) groups excluding carboxylic acids is 2. The molecule has 2 amide bonds. The van der Waals surface area contributed by atoms with Crippen LogP contribution in [0.15, 0.2) is 66.9 Å². The van der Waals surface area contributed by atoms with Gasteiger partial charge >= 0.3 is 6.09 Å². The second-order valence-corrected chi connectivity index (χ2v) is 12.6. The molecule has 0 aliphatic carbocycles. The Morgan fingerprint density at radius 2 is 1.80 bits per heavy atom. The third-order valence-corrected chi connectivity index (χ3v) is 7.57. The Bertz CT molecular complexity index is 1750. The van der Waals surface area contributed by atoms with Crippen molar-refractivity contribution >= 4 is 12.0 Å². The van der Waals surface area contributed by atoms with Gasteiger partial charge in [0.05, 0.1) is 30.1 Å². The molecule has 0 spiro atoms. The molecule has 5 rings (SSSR count). The van der Waals surface area contributed by atoms with E-state index < -0.39 is 41.1 Å². The smallest absolute Gasteiger partial charge is 0.413 e. The number of rotatable bonds is 6. The molecule has 1 N–H and O–H groups in total. The highest BCUT2D eigenvalue weighted by Crippen LogP contribution is 2.37. The van der Waals surface area contributed by atoms with E-state index in [0.29, 0.717) is 28.1 Å². The molecular formula is C34H37F2N5O4. The Morgan fingerprint density at radius 3 is 2.51 bits per heavy atom. The van der Waals surface area contributed by atoms with Crippen LogP contribution in [0, 0.1) is 18.6 Å². The van der Waals surface area contributed by atoms with Crippen LogP contribution in [0.1, 0.15) is 80.8 Å². The Balaban J connectivity index is 1.43. The Hall–Kier alpha value is -4.64. The number of nitrogens with one attached hydrogen (secondary N) is 1. The molecule has 45 heavy (non-hydrogen) atoms. The molecule has 1 aromatic heterocycles. The van der Waals surface area contributed by atoms with Crippen molar-refractivity contribution in [1.82, 2.24) is 25.2 Å². The minimum Gasteiger partial charge on any atom is -0.444 e. The molecule has 0 saturated carbocycles. The molecule has 0 radical (unpaired) electrons. The number of halogens is 2. The predicted molar refractivity (Wildman–Crippen MR) is 165 cm³/mol. The van der Waals surface area contributed by atoms with Gasteiger partial charge in [0.2, 0.25) is 0 Å². The number of nitrogens with zero attached hydrogens (tertiary/aromatic N) is 4. The summed E-state index contributed by atoms with van der Waals surface area (Å²) in [5.74, 6) is -1.74. The van der Waals surface area contributed by atoms with E-state index in [-0.39, 0.29) is 18.1 Å². The van der Waals surface area contributed by atoms with Gasteiger partial charge in [0.1, 0.15) is 34.7 Å². The lowest BCUT2D eigenvalue weighted by Gasteiger charge is -2.34. The van der Waals surface area contributed by atoms with E-state index in [1.54, 1.807) is 78.1 Å². The summed E-state index contributed by atoms with van der Waals surface area (Å²) in [5.41, 5.74) is 2.00. The van der Waals surface area contributed by atoms with Crippen molar-refractivity contribution in [3.63, 3.8) is 0 Å². The fourth-order valence-electron chi connectivity index (χ4n) is 5.43. The molecule has 1 aliphatic heterocycles. The zero-order valence-electron chi connectivity index (χ0n) is 26.4. The summed E-state index contributed by atoms with van der Waals surface area (Å²) >= 11 is 0. The maximum Gasteiger partial charge on any atom is 0.413 e. The first-order chi connectivity index (χ1) is 21.1. The van der Waals surface area contributed by atoms with Crippen molar-refractivity contribution in [3.8, 4) is 16.8 Å². The lowest BCUT2D eigenvalue weighted by molar-refractivity contribution is -0.0627. The second-order valence-electron chi connectivity index (χ2n) is 12.6. The molecule has 1 saturated heterocycles. The summed E-state index contributed by atoms with van der Waals surface area (Å²) in [4.78, 5) is 28.4. The SMILES string of the molecule is Cc1ccc(C(=O)NC(C)c2ccccc2-c2ccc(F)cc2F)c(-n2cc(C3COC(C)(C)N3C(=O)OC(C)(C)C)nn2)c1. The number of benzene rings is 3. The fraction of sp³-hybridized carbons (Fsp3) is 0.353. The van der Waals surface area contributed by atoms with Gasteiger partial charge in [-0.3, -0.25) is 9.69 Å². The van der Waals surface area contributed by atoms with E-state index in [0.717, 1.165) is 11.6 Å². The van der Waals surface area contributed by atoms with Crippen LogP contribution >= 0.6 is 0 Å². The van der Waals surface area contributed by atoms with E-state index in [1.807, 2.05) is 19.1 Å². The maximum atomic E-state index is 14.7. The third kappa shape index (κ3) is 6.73. The van der Waals surface area contributed by atoms with E-state index in [2.05, 4.69) is 15.6 Å². The first-order valence-electron chi connectivity index (χ1n) is 14.7. The molecule has 2 heterocycles. The van der Waals surface area contributed by atoms with Crippen molar-refractivity contribution in [2.75, 3.05) is 6.61 Å². The molecule has 1 fully saturated rings. The first kappa shape index (κ1) is 31.8. The lowest BCUT2D eigenvalue weighted by Crippen LogP contribution is -2.47. The van der Waals surface area contributed by atoms with Gasteiger partial charge < -0.3 is 14.8 Å². The van der Waals surface area contributed by atoms with Crippen molar-refractivity contribution in [2.45, 2.75) is 71.9 Å². The van der Waals surface area contributed by atoms with Crippen molar-refractivity contribution in [2.24, 2.45) is 0 Å². The van der Waals surface area contributed by atoms with Gasteiger partial charge in [0.15, 0.2) is 0 Å². The Labute approximate surface area is 261 Å². The molecule has 2 atom stereocenters. The van der Waals surface area contributed by atoms with Crippen molar-refractivity contribution < 1.29 is 27.8 Å². The Kier molecular flexibility index (Phi) is 8.50. The van der Waals surface area contributed by atoms with Gasteiger partial charge in [-0.1, -0.05) is 35.5 Å². The third-order valence-electron chi connectivity index (χ3n) is 7.57. The number of carbonyl (C=O) groups is 2. The largest absolute Gasteiger partial charge is 0.444 e. The average Bonchev–Trinajstić information content (AvgIpc) is 3.56. The normalized spacial score (nSPS) is 16.8. The summed E-state index contributed by atoms with van der Waals surface area (Å²) in [6.45, 7) is 12.9. The monoisotopic (exact) mass is 617 g/mol. The molecule has 4 aromatic rings. The number of ether oxygens (including phenoxy) is 2. The molecule has 2 unspecified atom stereocenters. The Morgan fingerprint density at radius 1 is 1.07 bits per heavy atom. The van der Waals surface area contributed by atoms with Crippen LogP contribution in [-0.2, 0) is 9.47 Å². The molecule has 0 bridgehead atoms. The highest BCUT2D eigenvalue weighted by Gasteiger charge is 2.47. The predicted octanol–water partition coefficient (Wildman–Crippen LogP) is 7.06. The van der Waals surface area contributed by atoms with Crippen molar-refractivity contribution in [1.29, 1.82) is 0 Å². The summed E-state index contributed by atoms with van der Waals surface area (Å²) in [5, 5.41) is 11.7. The molecule has 3 aromatic carbocycles. The van der Waals surface area contributed by atoms with Crippen LogP contribution in [-0.4, -0.2) is 49.8 Å². The van der Waals surface area contributed by atoms with E-state index >= 15 is 0 Å². The topological polar surface area (TPSA) is 98.6 Å². The quantitative estimate of drug-likeness (QED) is 0.249. The van der Waals surface area contributed by atoms with Crippen LogP contribution in [0.5, 0.6) is 0 Å². The fourth-order valence-corrected chi connectivity index (χ4v) is 5.43. The van der Waals surface area contributed by atoms with Crippen LogP contribution in [0.25, 0.3) is 16.8 Å². The van der Waals surface area contributed by atoms with Crippen LogP contribution in [0.2, 0.25) is 0 Å². The summed E-state index contributed by atoms with van der Waals surface area (Å²) < 4.78 is 41.4. The molecule has 236 valence electrons. The standard InChI is InChI=1S/C34H37F2N5O4/c1-20-12-14-26(31(42)37-21(2)23-10-8-9-11-24(23)25-15-13-22(35)17-27(25)36)29(16-20)40-18-28(38-39-40)30-19-44-34(6,7)41(30)32(43)45-33(3,4)5/h8-18,21,30H,19H2,1-7H3,(H,37,42). The second kappa shape index (κ2) is 12.0. The number of hydrogen-bond acceptors (Lipinski definition) is 6. The molecule has 11 heteroatoms. The molecule has 1 aliphatic rings. The van der Waals surface area contributed by atoms with Gasteiger partial charge in [0.25, 0.3) is 5.91 Å². The summed E-state index contributed by atoms with van der Waals surface area (Å²) in [7, 11) is 0. The summed E-state index contributed by atoms with van der Waals surface area (Å²) in [6, 6.07) is 14.8. The highest BCUT2D eigenvalue weighted by atomic mass is 19.1. The highest BCUT2D eigenvalue weighted by molar-refractivity contribution is 5.98. The average molecular weight is 618 g/mol. The van der Waals surface area contributed by atoms with Crippen molar-refractivity contribution in [3.05, 3.63) is 101 Å². The number of hydrogen-bond donors (Lipinski definition) is 1. The lowest BCUT2D eigenvalue weighted by atomic mass is 9.95.